The van der Waals surface area contributed by atoms with E-state index in [4.69, 9.17) is 18.1 Å². The molecule has 0 fully saturated rings. The van der Waals surface area contributed by atoms with E-state index in [-0.39, 0.29) is 0 Å². The van der Waals surface area contributed by atoms with Gasteiger partial charge in [0.15, 0.2) is 5.11 Å². The minimum atomic E-state index is 0.466. The third-order valence-corrected chi connectivity index (χ3v) is 2.71. The summed E-state index contributed by atoms with van der Waals surface area (Å²) in [6, 6.07) is 0. The summed E-state index contributed by atoms with van der Waals surface area (Å²) in [5.74, 6) is 5.09. The molecule has 6 heteroatoms. The molecule has 4 nitrogen and oxygen atoms in total. The van der Waals surface area contributed by atoms with Crippen LogP contribution in [0.15, 0.2) is 5.38 Å². The Hall–Kier alpha value is -0.720. The van der Waals surface area contributed by atoms with Gasteiger partial charge >= 0.3 is 0 Å². The Labute approximate surface area is 86.5 Å². The lowest BCUT2D eigenvalue weighted by Gasteiger charge is -2.04. The van der Waals surface area contributed by atoms with E-state index in [9.17, 15) is 0 Å². The molecule has 4 N–H and O–H groups in total. The number of thiocarbonyl (C=S) groups is 1. The fourth-order valence-corrected chi connectivity index (χ4v) is 1.73. The van der Waals surface area contributed by atoms with Gasteiger partial charge in [0.2, 0.25) is 0 Å². The van der Waals surface area contributed by atoms with E-state index in [0.717, 1.165) is 23.7 Å². The Morgan fingerprint density at radius 2 is 2.54 bits per heavy atom. The van der Waals surface area contributed by atoms with Crippen LogP contribution in [0.25, 0.3) is 0 Å². The first-order valence-corrected chi connectivity index (χ1v) is 5.16. The third-order valence-electron chi connectivity index (χ3n) is 1.42. The number of hydrazine groups is 1. The second kappa shape index (κ2) is 5.11. The lowest BCUT2D eigenvalue weighted by atomic mass is 10.4. The first kappa shape index (κ1) is 10.4. The summed E-state index contributed by atoms with van der Waals surface area (Å²) in [7, 11) is 0. The molecule has 0 saturated heterocycles. The molecule has 0 spiro atoms. The molecule has 1 aromatic rings. The second-order valence-electron chi connectivity index (χ2n) is 2.53. The highest BCUT2D eigenvalue weighted by molar-refractivity contribution is 7.80. The summed E-state index contributed by atoms with van der Waals surface area (Å²) in [6.45, 7) is 2.75. The van der Waals surface area contributed by atoms with Crippen LogP contribution in [0.4, 0.5) is 0 Å². The molecule has 0 saturated carbocycles. The van der Waals surface area contributed by atoms with Crippen molar-refractivity contribution in [1.29, 1.82) is 0 Å². The third kappa shape index (κ3) is 3.67. The van der Waals surface area contributed by atoms with Crippen molar-refractivity contribution in [1.82, 2.24) is 15.7 Å². The van der Waals surface area contributed by atoms with E-state index in [1.165, 1.54) is 0 Å². The predicted molar refractivity (Wildman–Crippen MR) is 58.5 cm³/mol. The van der Waals surface area contributed by atoms with Crippen LogP contribution in [0.2, 0.25) is 0 Å². The zero-order valence-corrected chi connectivity index (χ0v) is 8.97. The van der Waals surface area contributed by atoms with Gasteiger partial charge in [0.05, 0.1) is 5.01 Å². The molecule has 0 aromatic carbocycles. The highest BCUT2D eigenvalue weighted by Crippen LogP contribution is 2.08. The van der Waals surface area contributed by atoms with E-state index in [2.05, 4.69) is 15.7 Å². The fraction of sp³-hybridized carbons (Fsp3) is 0.429. The molecule has 1 aromatic heterocycles. The number of nitrogens with one attached hydrogen (secondary N) is 2. The van der Waals surface area contributed by atoms with Gasteiger partial charge in [-0.2, -0.15) is 0 Å². The summed E-state index contributed by atoms with van der Waals surface area (Å²) < 4.78 is 0. The molecule has 0 bridgehead atoms. The SMILES string of the molecule is Cc1csc(CCNC(=S)NN)n1. The van der Waals surface area contributed by atoms with E-state index >= 15 is 0 Å². The van der Waals surface area contributed by atoms with Crippen LogP contribution in [-0.4, -0.2) is 16.6 Å². The fourth-order valence-electron chi connectivity index (χ4n) is 0.852. The van der Waals surface area contributed by atoms with Crippen molar-refractivity contribution >= 4 is 28.7 Å². The number of nitrogens with two attached hydrogens (primary N) is 1. The van der Waals surface area contributed by atoms with E-state index in [1.54, 1.807) is 11.3 Å². The highest BCUT2D eigenvalue weighted by Gasteiger charge is 1.98. The zero-order chi connectivity index (χ0) is 9.68. The molecule has 0 amide bonds. The Kier molecular flexibility index (Phi) is 4.07. The van der Waals surface area contributed by atoms with E-state index in [1.807, 2.05) is 12.3 Å². The van der Waals surface area contributed by atoms with Crippen LogP contribution >= 0.6 is 23.6 Å². The van der Waals surface area contributed by atoms with Gasteiger partial charge in [-0.25, -0.2) is 10.8 Å². The van der Waals surface area contributed by atoms with Crippen LogP contribution in [-0.2, 0) is 6.42 Å². The summed E-state index contributed by atoms with van der Waals surface area (Å²) in [4.78, 5) is 4.32. The van der Waals surface area contributed by atoms with Crippen LogP contribution in [0.1, 0.15) is 10.7 Å². The molecule has 1 rings (SSSR count). The van der Waals surface area contributed by atoms with Crippen molar-refractivity contribution in [2.45, 2.75) is 13.3 Å². The van der Waals surface area contributed by atoms with Crippen LogP contribution in [0.5, 0.6) is 0 Å². The lowest BCUT2D eigenvalue weighted by molar-refractivity contribution is 0.829. The molecule has 0 radical (unpaired) electrons. The number of hydrogen-bond acceptors (Lipinski definition) is 4. The van der Waals surface area contributed by atoms with Crippen molar-refractivity contribution in [3.05, 3.63) is 16.1 Å². The molecule has 13 heavy (non-hydrogen) atoms. The maximum atomic E-state index is 5.09. The molecular formula is C7H12N4S2. The molecule has 72 valence electrons. The molecule has 0 aliphatic heterocycles. The normalized spacial score (nSPS) is 9.69. The molecule has 0 aliphatic carbocycles. The van der Waals surface area contributed by atoms with Gasteiger partial charge in [-0.1, -0.05) is 0 Å². The molecule has 0 unspecified atom stereocenters. The monoisotopic (exact) mass is 216 g/mol. The minimum Gasteiger partial charge on any atom is -0.361 e. The van der Waals surface area contributed by atoms with Crippen molar-refractivity contribution in [3.63, 3.8) is 0 Å². The number of nitrogens with zero attached hydrogens (tertiary/aromatic N) is 1. The standard InChI is InChI=1S/C7H12N4S2/c1-5-4-13-6(10-5)2-3-9-7(12)11-8/h4H,2-3,8H2,1H3,(H2,9,11,12). The molecular weight excluding hydrogens is 204 g/mol. The van der Waals surface area contributed by atoms with E-state index < -0.39 is 0 Å². The highest BCUT2D eigenvalue weighted by atomic mass is 32.1. The van der Waals surface area contributed by atoms with Gasteiger partial charge in [0.25, 0.3) is 0 Å². The van der Waals surface area contributed by atoms with Gasteiger partial charge in [0.1, 0.15) is 0 Å². The summed E-state index contributed by atoms with van der Waals surface area (Å²) in [6.07, 6.45) is 0.875. The first-order valence-electron chi connectivity index (χ1n) is 3.88. The zero-order valence-electron chi connectivity index (χ0n) is 7.33. The van der Waals surface area contributed by atoms with Crippen LogP contribution in [0, 0.1) is 6.92 Å². The van der Waals surface area contributed by atoms with Crippen molar-refractivity contribution in [2.24, 2.45) is 5.84 Å². The average molecular weight is 216 g/mol. The van der Waals surface area contributed by atoms with Crippen molar-refractivity contribution < 1.29 is 0 Å². The Balaban J connectivity index is 2.24. The predicted octanol–water partition coefficient (Wildman–Crippen LogP) is 0.332. The molecule has 0 aliphatic rings. The Morgan fingerprint density at radius 3 is 3.08 bits per heavy atom. The Morgan fingerprint density at radius 1 is 1.77 bits per heavy atom. The molecule has 0 atom stereocenters. The van der Waals surface area contributed by atoms with Gasteiger partial charge in [-0.15, -0.1) is 11.3 Å². The summed E-state index contributed by atoms with van der Waals surface area (Å²) >= 11 is 6.47. The van der Waals surface area contributed by atoms with Crippen molar-refractivity contribution in [3.8, 4) is 0 Å². The summed E-state index contributed by atoms with van der Waals surface area (Å²) in [5.41, 5.74) is 3.43. The first-order chi connectivity index (χ1) is 6.22. The van der Waals surface area contributed by atoms with Gasteiger partial charge in [-0.3, -0.25) is 0 Å². The Bertz CT molecular complexity index is 284. The average Bonchev–Trinajstić information content (AvgIpc) is 2.51. The second-order valence-corrected chi connectivity index (χ2v) is 3.88. The smallest absolute Gasteiger partial charge is 0.180 e. The number of rotatable bonds is 3. The number of aromatic nitrogens is 1. The van der Waals surface area contributed by atoms with Gasteiger partial charge in [-0.05, 0) is 19.1 Å². The number of aryl methyl sites for hydroxylation is 1. The minimum absolute atomic E-state index is 0.466. The van der Waals surface area contributed by atoms with Crippen LogP contribution in [0.3, 0.4) is 0 Å². The van der Waals surface area contributed by atoms with Crippen LogP contribution < -0.4 is 16.6 Å². The lowest BCUT2D eigenvalue weighted by Crippen LogP contribution is -2.40. The quantitative estimate of drug-likeness (QED) is 0.386. The topological polar surface area (TPSA) is 63.0 Å². The maximum absolute atomic E-state index is 5.09. The van der Waals surface area contributed by atoms with E-state index in [0.29, 0.717) is 5.11 Å². The summed E-state index contributed by atoms with van der Waals surface area (Å²) in [5, 5.41) is 6.57. The largest absolute Gasteiger partial charge is 0.361 e. The number of thiazole rings is 1. The number of hydrogen-bond donors (Lipinski definition) is 3. The molecule has 1 heterocycles. The van der Waals surface area contributed by atoms with Gasteiger partial charge < -0.3 is 10.7 Å². The van der Waals surface area contributed by atoms with Crippen molar-refractivity contribution in [2.75, 3.05) is 6.54 Å². The van der Waals surface area contributed by atoms with Gasteiger partial charge in [0, 0.05) is 24.0 Å². The maximum Gasteiger partial charge on any atom is 0.180 e.